The molecule has 0 aliphatic carbocycles. The summed E-state index contributed by atoms with van der Waals surface area (Å²) in [7, 11) is 0. The van der Waals surface area contributed by atoms with Crippen LogP contribution >= 0.6 is 11.6 Å². The van der Waals surface area contributed by atoms with E-state index in [1.807, 2.05) is 0 Å². The summed E-state index contributed by atoms with van der Waals surface area (Å²) in [4.78, 5) is 9.40. The van der Waals surface area contributed by atoms with Crippen LogP contribution in [0.5, 0.6) is 0 Å². The molecule has 0 atom stereocenters. The number of halogens is 1. The molecule has 1 aromatic heterocycles. The minimum absolute atomic E-state index is 0.161. The average molecular weight is 162 g/mol. The van der Waals surface area contributed by atoms with E-state index in [2.05, 4.69) is 4.42 Å². The van der Waals surface area contributed by atoms with Crippen molar-refractivity contribution in [2.75, 3.05) is 0 Å². The molecule has 0 spiro atoms. The monoisotopic (exact) mass is 161 g/mol. The van der Waals surface area contributed by atoms with E-state index in [9.17, 15) is 10.1 Å². The van der Waals surface area contributed by atoms with Crippen LogP contribution in [0.1, 0.15) is 5.76 Å². The van der Waals surface area contributed by atoms with Crippen molar-refractivity contribution in [3.8, 4) is 0 Å². The summed E-state index contributed by atoms with van der Waals surface area (Å²) in [5.41, 5.74) is 0. The Labute approximate surface area is 61.5 Å². The van der Waals surface area contributed by atoms with Gasteiger partial charge in [-0.15, -0.1) is 11.6 Å². The fourth-order valence-corrected chi connectivity index (χ4v) is 0.680. The lowest BCUT2D eigenvalue weighted by molar-refractivity contribution is -0.402. The molecule has 0 bridgehead atoms. The molecule has 4 nitrogen and oxygen atoms in total. The van der Waals surface area contributed by atoms with Crippen LogP contribution in [0.4, 0.5) is 5.88 Å². The van der Waals surface area contributed by atoms with Crippen molar-refractivity contribution in [2.45, 2.75) is 5.88 Å². The van der Waals surface area contributed by atoms with Crippen LogP contribution in [0.25, 0.3) is 0 Å². The molecule has 0 aliphatic heterocycles. The van der Waals surface area contributed by atoms with E-state index in [4.69, 9.17) is 11.6 Å². The lowest BCUT2D eigenvalue weighted by Gasteiger charge is -1.82. The van der Waals surface area contributed by atoms with E-state index in [-0.39, 0.29) is 11.8 Å². The van der Waals surface area contributed by atoms with Crippen molar-refractivity contribution in [1.29, 1.82) is 0 Å². The summed E-state index contributed by atoms with van der Waals surface area (Å²) < 4.78 is 4.66. The maximum Gasteiger partial charge on any atom is 0.433 e. The SMILES string of the molecule is O=[N+]([O-])c1ccc(CCl)o1. The van der Waals surface area contributed by atoms with Crippen molar-refractivity contribution in [2.24, 2.45) is 0 Å². The number of nitro groups is 1. The molecule has 1 aromatic rings. The van der Waals surface area contributed by atoms with Gasteiger partial charge in [-0.2, -0.15) is 0 Å². The van der Waals surface area contributed by atoms with Gasteiger partial charge in [0.1, 0.15) is 10.7 Å². The summed E-state index contributed by atoms with van der Waals surface area (Å²) >= 11 is 5.33. The maximum atomic E-state index is 10.00. The lowest BCUT2D eigenvalue weighted by atomic mass is 10.5. The number of furan rings is 1. The van der Waals surface area contributed by atoms with Crippen molar-refractivity contribution in [1.82, 2.24) is 0 Å². The topological polar surface area (TPSA) is 56.3 Å². The Kier molecular flexibility index (Phi) is 1.91. The van der Waals surface area contributed by atoms with Crippen molar-refractivity contribution >= 4 is 17.5 Å². The summed E-state index contributed by atoms with van der Waals surface area (Å²) in [6, 6.07) is 2.75. The Balaban J connectivity index is 2.88. The van der Waals surface area contributed by atoms with Gasteiger partial charge in [-0.25, -0.2) is 0 Å². The molecule has 1 rings (SSSR count). The summed E-state index contributed by atoms with van der Waals surface area (Å²) in [5, 5.41) is 10.00. The number of rotatable bonds is 2. The second-order valence-electron chi connectivity index (χ2n) is 1.63. The molecular weight excluding hydrogens is 158 g/mol. The van der Waals surface area contributed by atoms with Gasteiger partial charge < -0.3 is 4.42 Å². The second kappa shape index (κ2) is 2.70. The van der Waals surface area contributed by atoms with E-state index < -0.39 is 4.92 Å². The van der Waals surface area contributed by atoms with Gasteiger partial charge in [0.25, 0.3) is 0 Å². The first-order chi connectivity index (χ1) is 4.74. The third kappa shape index (κ3) is 1.27. The molecule has 0 unspecified atom stereocenters. The normalized spacial score (nSPS) is 9.70. The van der Waals surface area contributed by atoms with Crippen LogP contribution < -0.4 is 0 Å². The van der Waals surface area contributed by atoms with Crippen molar-refractivity contribution in [3.63, 3.8) is 0 Å². The molecular formula is C5H4ClNO3. The molecule has 0 amide bonds. The summed E-state index contributed by atoms with van der Waals surface area (Å²) in [6.45, 7) is 0. The Morgan fingerprint density at radius 3 is 2.70 bits per heavy atom. The molecule has 54 valence electrons. The Morgan fingerprint density at radius 2 is 2.40 bits per heavy atom. The largest absolute Gasteiger partial charge is 0.433 e. The zero-order valence-electron chi connectivity index (χ0n) is 4.91. The maximum absolute atomic E-state index is 10.00. The van der Waals surface area contributed by atoms with Crippen LogP contribution in [-0.2, 0) is 5.88 Å². The molecule has 0 saturated carbocycles. The van der Waals surface area contributed by atoms with Crippen LogP contribution in [0.2, 0.25) is 0 Å². The molecule has 0 saturated heterocycles. The fraction of sp³-hybridized carbons (Fsp3) is 0.200. The highest BCUT2D eigenvalue weighted by molar-refractivity contribution is 6.16. The molecule has 5 heteroatoms. The van der Waals surface area contributed by atoms with Crippen molar-refractivity contribution in [3.05, 3.63) is 28.0 Å². The van der Waals surface area contributed by atoms with Crippen molar-refractivity contribution < 1.29 is 9.34 Å². The third-order valence-corrected chi connectivity index (χ3v) is 1.22. The third-order valence-electron chi connectivity index (χ3n) is 0.959. The Hall–Kier alpha value is -1.03. The lowest BCUT2D eigenvalue weighted by Crippen LogP contribution is -1.82. The molecule has 0 aliphatic rings. The quantitative estimate of drug-likeness (QED) is 0.378. The first-order valence-electron chi connectivity index (χ1n) is 2.53. The fourth-order valence-electron chi connectivity index (χ4n) is 0.537. The second-order valence-corrected chi connectivity index (χ2v) is 1.90. The van der Waals surface area contributed by atoms with E-state index in [1.54, 1.807) is 0 Å². The van der Waals surface area contributed by atoms with Crippen LogP contribution in [0.3, 0.4) is 0 Å². The first-order valence-corrected chi connectivity index (χ1v) is 3.06. The predicted molar refractivity (Wildman–Crippen MR) is 34.9 cm³/mol. The van der Waals surface area contributed by atoms with Gasteiger partial charge in [0, 0.05) is 0 Å². The molecule has 0 N–H and O–H groups in total. The first kappa shape index (κ1) is 7.08. The highest BCUT2D eigenvalue weighted by Gasteiger charge is 2.09. The zero-order valence-corrected chi connectivity index (χ0v) is 5.67. The van der Waals surface area contributed by atoms with Gasteiger partial charge in [-0.05, 0) is 6.07 Å². The Bertz CT molecular complexity index is 245. The smallest absolute Gasteiger partial charge is 0.405 e. The molecule has 0 radical (unpaired) electrons. The van der Waals surface area contributed by atoms with Crippen LogP contribution in [0.15, 0.2) is 16.5 Å². The standard InChI is InChI=1S/C5H4ClNO3/c6-3-4-1-2-5(10-4)7(8)9/h1-2H,3H2. The van der Waals surface area contributed by atoms with Gasteiger partial charge in [-0.1, -0.05) is 0 Å². The Morgan fingerprint density at radius 1 is 1.70 bits per heavy atom. The molecule has 0 aromatic carbocycles. The van der Waals surface area contributed by atoms with Gasteiger partial charge in [-0.3, -0.25) is 10.1 Å². The minimum Gasteiger partial charge on any atom is -0.405 e. The van der Waals surface area contributed by atoms with Crippen LogP contribution in [0, 0.1) is 10.1 Å². The van der Waals surface area contributed by atoms with E-state index in [0.29, 0.717) is 5.76 Å². The zero-order chi connectivity index (χ0) is 7.56. The predicted octanol–water partition coefficient (Wildman–Crippen LogP) is 1.93. The summed E-state index contributed by atoms with van der Waals surface area (Å²) in [6.07, 6.45) is 0. The molecule has 10 heavy (non-hydrogen) atoms. The highest BCUT2D eigenvalue weighted by Crippen LogP contribution is 2.16. The van der Waals surface area contributed by atoms with Gasteiger partial charge in [0.05, 0.1) is 11.9 Å². The van der Waals surface area contributed by atoms with E-state index in [1.165, 1.54) is 12.1 Å². The van der Waals surface area contributed by atoms with Gasteiger partial charge in [0.2, 0.25) is 0 Å². The molecule has 1 heterocycles. The summed E-state index contributed by atoms with van der Waals surface area (Å²) in [5.74, 6) is 0.303. The number of hydrogen-bond donors (Lipinski definition) is 0. The average Bonchev–Trinajstić information content (AvgIpc) is 2.34. The number of alkyl halides is 1. The highest BCUT2D eigenvalue weighted by atomic mass is 35.5. The van der Waals surface area contributed by atoms with E-state index in [0.717, 1.165) is 0 Å². The van der Waals surface area contributed by atoms with Gasteiger partial charge >= 0.3 is 5.88 Å². The van der Waals surface area contributed by atoms with Crippen LogP contribution in [-0.4, -0.2) is 4.92 Å². The number of hydrogen-bond acceptors (Lipinski definition) is 3. The van der Waals surface area contributed by atoms with E-state index >= 15 is 0 Å². The number of nitrogens with zero attached hydrogens (tertiary/aromatic N) is 1. The molecule has 0 fully saturated rings. The van der Waals surface area contributed by atoms with Gasteiger partial charge in [0.15, 0.2) is 0 Å². The minimum atomic E-state index is -0.601.